The number of aromatic nitrogens is 4. The number of aromatic amines is 1. The van der Waals surface area contributed by atoms with Crippen LogP contribution in [0.25, 0.3) is 22.7 Å². The number of para-hydroxylation sites is 2. The molecule has 0 aliphatic heterocycles. The lowest BCUT2D eigenvalue weighted by molar-refractivity contribution is 0.624. The standard InChI is InChI=1S/C21H15ClFN5/c1-13-17(20(22)28(27-13)12-14-6-8-16(23)9-7-14)10-15(11-24)21-25-18-4-2-3-5-19(18)26-21/h2-10H,12H2,1H3,(H,25,26)/b15-10+. The summed E-state index contributed by atoms with van der Waals surface area (Å²) in [6, 6.07) is 15.9. The third-order valence-electron chi connectivity index (χ3n) is 4.41. The van der Waals surface area contributed by atoms with Gasteiger partial charge in [0.2, 0.25) is 0 Å². The normalized spacial score (nSPS) is 11.7. The first-order valence-electron chi connectivity index (χ1n) is 8.59. The van der Waals surface area contributed by atoms with Gasteiger partial charge < -0.3 is 4.98 Å². The molecule has 0 saturated heterocycles. The van der Waals surface area contributed by atoms with Crippen LogP contribution in [0, 0.1) is 24.1 Å². The molecule has 0 atom stereocenters. The first-order valence-corrected chi connectivity index (χ1v) is 8.97. The average molecular weight is 392 g/mol. The number of hydrogen-bond donors (Lipinski definition) is 1. The molecular weight excluding hydrogens is 377 g/mol. The van der Waals surface area contributed by atoms with Gasteiger partial charge in [0.05, 0.1) is 28.8 Å². The van der Waals surface area contributed by atoms with Crippen molar-refractivity contribution in [1.82, 2.24) is 19.7 Å². The van der Waals surface area contributed by atoms with E-state index in [0.29, 0.717) is 34.4 Å². The number of nitrogens with one attached hydrogen (secondary N) is 1. The zero-order chi connectivity index (χ0) is 19.7. The summed E-state index contributed by atoms with van der Waals surface area (Å²) in [5.74, 6) is 0.185. The van der Waals surface area contributed by atoms with Crippen LogP contribution >= 0.6 is 11.6 Å². The molecule has 0 fully saturated rings. The van der Waals surface area contributed by atoms with Gasteiger partial charge in [-0.05, 0) is 42.8 Å². The van der Waals surface area contributed by atoms with Crippen molar-refractivity contribution < 1.29 is 4.39 Å². The number of fused-ring (bicyclic) bond motifs is 1. The number of rotatable bonds is 4. The van der Waals surface area contributed by atoms with Crippen LogP contribution in [0.15, 0.2) is 48.5 Å². The Labute approximate surface area is 165 Å². The van der Waals surface area contributed by atoms with Gasteiger partial charge in [-0.1, -0.05) is 35.9 Å². The van der Waals surface area contributed by atoms with Crippen molar-refractivity contribution in [2.24, 2.45) is 0 Å². The van der Waals surface area contributed by atoms with E-state index < -0.39 is 0 Å². The van der Waals surface area contributed by atoms with Crippen LogP contribution < -0.4 is 0 Å². The summed E-state index contributed by atoms with van der Waals surface area (Å²) >= 11 is 6.52. The van der Waals surface area contributed by atoms with Crippen molar-refractivity contribution in [3.63, 3.8) is 0 Å². The zero-order valence-electron chi connectivity index (χ0n) is 14.9. The highest BCUT2D eigenvalue weighted by molar-refractivity contribution is 6.31. The molecule has 0 amide bonds. The number of benzene rings is 2. The van der Waals surface area contributed by atoms with E-state index in [9.17, 15) is 9.65 Å². The number of H-pyrrole nitrogens is 1. The van der Waals surface area contributed by atoms with E-state index in [4.69, 9.17) is 11.6 Å². The summed E-state index contributed by atoms with van der Waals surface area (Å²) in [4.78, 5) is 7.62. The number of allylic oxidation sites excluding steroid dienone is 1. The SMILES string of the molecule is Cc1nn(Cc2ccc(F)cc2)c(Cl)c1/C=C(\C#N)c1nc2ccccc2[nH]1. The molecule has 2 aromatic heterocycles. The molecular formula is C21H15ClFN5. The fourth-order valence-corrected chi connectivity index (χ4v) is 3.27. The molecule has 0 spiro atoms. The predicted octanol–water partition coefficient (Wildman–Crippen LogP) is 4.97. The van der Waals surface area contributed by atoms with Crippen LogP contribution in [-0.2, 0) is 6.54 Å². The maximum atomic E-state index is 13.1. The van der Waals surface area contributed by atoms with E-state index in [-0.39, 0.29) is 5.82 Å². The van der Waals surface area contributed by atoms with Crippen molar-refractivity contribution in [3.05, 3.63) is 82.1 Å². The van der Waals surface area contributed by atoms with Gasteiger partial charge in [-0.25, -0.2) is 14.1 Å². The van der Waals surface area contributed by atoms with Crippen LogP contribution in [0.1, 0.15) is 22.6 Å². The Bertz CT molecular complexity index is 1200. The Morgan fingerprint density at radius 1 is 1.25 bits per heavy atom. The van der Waals surface area contributed by atoms with Crippen molar-refractivity contribution in [2.75, 3.05) is 0 Å². The third kappa shape index (κ3) is 3.40. The highest BCUT2D eigenvalue weighted by atomic mass is 35.5. The van der Waals surface area contributed by atoms with Gasteiger partial charge >= 0.3 is 0 Å². The number of halogens is 2. The minimum Gasteiger partial charge on any atom is -0.337 e. The molecule has 0 aliphatic rings. The fraction of sp³-hybridized carbons (Fsp3) is 0.0952. The van der Waals surface area contributed by atoms with Crippen LogP contribution in [0.3, 0.4) is 0 Å². The summed E-state index contributed by atoms with van der Waals surface area (Å²) in [6.45, 7) is 2.23. The number of aryl methyl sites for hydroxylation is 1. The first-order chi connectivity index (χ1) is 13.5. The second-order valence-electron chi connectivity index (χ2n) is 6.35. The minimum absolute atomic E-state index is 0.292. The average Bonchev–Trinajstić information content (AvgIpc) is 3.23. The summed E-state index contributed by atoms with van der Waals surface area (Å²) in [5, 5.41) is 14.5. The Morgan fingerprint density at radius 2 is 2.00 bits per heavy atom. The topological polar surface area (TPSA) is 70.3 Å². The maximum Gasteiger partial charge on any atom is 0.149 e. The molecule has 28 heavy (non-hydrogen) atoms. The first kappa shape index (κ1) is 18.0. The molecule has 138 valence electrons. The molecule has 0 bridgehead atoms. The monoisotopic (exact) mass is 391 g/mol. The van der Waals surface area contributed by atoms with Crippen molar-refractivity contribution in [3.8, 4) is 6.07 Å². The quantitative estimate of drug-likeness (QED) is 0.499. The number of nitriles is 1. The van der Waals surface area contributed by atoms with Crippen LogP contribution in [0.2, 0.25) is 5.15 Å². The molecule has 4 aromatic rings. The lowest BCUT2D eigenvalue weighted by atomic mass is 10.1. The third-order valence-corrected chi connectivity index (χ3v) is 4.81. The largest absolute Gasteiger partial charge is 0.337 e. The van der Waals surface area contributed by atoms with Gasteiger partial charge in [0, 0.05) is 5.56 Å². The summed E-state index contributed by atoms with van der Waals surface area (Å²) in [6.07, 6.45) is 1.68. The predicted molar refractivity (Wildman–Crippen MR) is 107 cm³/mol. The van der Waals surface area contributed by atoms with Crippen molar-refractivity contribution in [1.29, 1.82) is 5.26 Å². The minimum atomic E-state index is -0.292. The van der Waals surface area contributed by atoms with Gasteiger partial charge in [0.1, 0.15) is 22.9 Å². The summed E-state index contributed by atoms with van der Waals surface area (Å²) in [7, 11) is 0. The number of nitrogens with zero attached hydrogens (tertiary/aromatic N) is 4. The molecule has 5 nitrogen and oxygen atoms in total. The molecule has 4 rings (SSSR count). The maximum absolute atomic E-state index is 13.1. The molecule has 2 heterocycles. The van der Waals surface area contributed by atoms with E-state index in [2.05, 4.69) is 21.1 Å². The Kier molecular flexibility index (Phi) is 4.68. The molecule has 0 radical (unpaired) electrons. The molecule has 1 N–H and O–H groups in total. The Morgan fingerprint density at radius 3 is 2.71 bits per heavy atom. The van der Waals surface area contributed by atoms with Crippen LogP contribution in [0.4, 0.5) is 4.39 Å². The van der Waals surface area contributed by atoms with Gasteiger partial charge in [-0.15, -0.1) is 0 Å². The molecule has 7 heteroatoms. The second kappa shape index (κ2) is 7.29. The smallest absolute Gasteiger partial charge is 0.149 e. The lowest BCUT2D eigenvalue weighted by Gasteiger charge is -2.03. The van der Waals surface area contributed by atoms with Gasteiger partial charge in [-0.3, -0.25) is 0 Å². The van der Waals surface area contributed by atoms with Crippen LogP contribution in [-0.4, -0.2) is 19.7 Å². The van der Waals surface area contributed by atoms with E-state index >= 15 is 0 Å². The molecule has 2 aromatic carbocycles. The zero-order valence-corrected chi connectivity index (χ0v) is 15.7. The number of imidazole rings is 1. The van der Waals surface area contributed by atoms with E-state index in [1.54, 1.807) is 22.9 Å². The fourth-order valence-electron chi connectivity index (χ4n) is 2.98. The Balaban J connectivity index is 1.70. The van der Waals surface area contributed by atoms with Gasteiger partial charge in [0.15, 0.2) is 0 Å². The molecule has 0 unspecified atom stereocenters. The molecule has 0 aliphatic carbocycles. The highest BCUT2D eigenvalue weighted by Crippen LogP contribution is 2.26. The second-order valence-corrected chi connectivity index (χ2v) is 6.70. The van der Waals surface area contributed by atoms with Crippen molar-refractivity contribution in [2.45, 2.75) is 13.5 Å². The van der Waals surface area contributed by atoms with Gasteiger partial charge in [-0.2, -0.15) is 10.4 Å². The lowest BCUT2D eigenvalue weighted by Crippen LogP contribution is -2.02. The summed E-state index contributed by atoms with van der Waals surface area (Å²) < 4.78 is 14.7. The highest BCUT2D eigenvalue weighted by Gasteiger charge is 2.15. The van der Waals surface area contributed by atoms with E-state index in [0.717, 1.165) is 16.6 Å². The summed E-state index contributed by atoms with van der Waals surface area (Å²) in [5.41, 5.74) is 4.22. The van der Waals surface area contributed by atoms with Crippen LogP contribution in [0.5, 0.6) is 0 Å². The van der Waals surface area contributed by atoms with E-state index in [1.165, 1.54) is 12.1 Å². The van der Waals surface area contributed by atoms with Gasteiger partial charge in [0.25, 0.3) is 0 Å². The van der Waals surface area contributed by atoms with E-state index in [1.807, 2.05) is 31.2 Å². The molecule has 0 saturated carbocycles. The Hall–Kier alpha value is -3.43. The van der Waals surface area contributed by atoms with Crippen molar-refractivity contribution >= 4 is 34.3 Å². The number of hydrogen-bond acceptors (Lipinski definition) is 3.